The molecule has 2 aliphatic rings. The Morgan fingerprint density at radius 3 is 2.44 bits per heavy atom. The van der Waals surface area contributed by atoms with Crippen LogP contribution in [0.5, 0.6) is 0 Å². The van der Waals surface area contributed by atoms with Crippen LogP contribution in [0.25, 0.3) is 0 Å². The van der Waals surface area contributed by atoms with Crippen LogP contribution in [0.4, 0.5) is 0 Å². The van der Waals surface area contributed by atoms with Crippen LogP contribution in [0.2, 0.25) is 12.1 Å². The Morgan fingerprint density at radius 2 is 1.81 bits per heavy atom. The van der Waals surface area contributed by atoms with Crippen molar-refractivity contribution in [3.05, 3.63) is 0 Å². The van der Waals surface area contributed by atoms with E-state index in [1.54, 1.807) is 0 Å². The van der Waals surface area contributed by atoms with Crippen LogP contribution in [0, 0.1) is 5.92 Å². The molecule has 0 radical (unpaired) electrons. The molecule has 2 heteroatoms. The molecule has 0 aromatic carbocycles. The maximum Gasteiger partial charge on any atom is 0.296 e. The largest absolute Gasteiger partial charge is 0.433 e. The lowest BCUT2D eigenvalue weighted by Gasteiger charge is -2.20. The van der Waals surface area contributed by atoms with Crippen LogP contribution in [-0.4, -0.2) is 13.0 Å². The number of hydrogen-bond donors (Lipinski definition) is 0. The van der Waals surface area contributed by atoms with Crippen LogP contribution in [0.1, 0.15) is 65.2 Å². The highest BCUT2D eigenvalue weighted by atomic mass is 16.4. The molecule has 2 rings (SSSR count). The van der Waals surface area contributed by atoms with E-state index in [0.29, 0.717) is 13.0 Å². The van der Waals surface area contributed by atoms with Crippen molar-refractivity contribution in [1.82, 2.24) is 0 Å². The number of fused-ring (bicyclic) bond motifs is 3. The second-order valence-electron chi connectivity index (χ2n) is 6.24. The summed E-state index contributed by atoms with van der Waals surface area (Å²) in [6, 6.07) is 0. The Labute approximate surface area is 101 Å². The molecule has 0 aliphatic carbocycles. The Balaban J connectivity index is 1.82. The molecular formula is C14H27BO. The fraction of sp³-hybridized carbons (Fsp3) is 1.00. The van der Waals surface area contributed by atoms with Gasteiger partial charge in [-0.05, 0) is 30.9 Å². The second-order valence-corrected chi connectivity index (χ2v) is 6.24. The zero-order valence-corrected chi connectivity index (χ0v) is 11.1. The third kappa shape index (κ3) is 3.51. The molecule has 2 saturated heterocycles. The molecule has 0 aromatic heterocycles. The van der Waals surface area contributed by atoms with Gasteiger partial charge in [-0.3, -0.25) is 0 Å². The van der Waals surface area contributed by atoms with E-state index in [1.165, 1.54) is 57.7 Å². The summed E-state index contributed by atoms with van der Waals surface area (Å²) < 4.78 is 6.32. The molecule has 0 spiro atoms. The molecule has 92 valence electrons. The molecule has 16 heavy (non-hydrogen) atoms. The fourth-order valence-corrected chi connectivity index (χ4v) is 3.40. The quantitative estimate of drug-likeness (QED) is 0.634. The summed E-state index contributed by atoms with van der Waals surface area (Å²) >= 11 is 0. The van der Waals surface area contributed by atoms with Gasteiger partial charge in [0.2, 0.25) is 0 Å². The molecule has 0 unspecified atom stereocenters. The van der Waals surface area contributed by atoms with Crippen molar-refractivity contribution in [3.63, 3.8) is 0 Å². The summed E-state index contributed by atoms with van der Waals surface area (Å²) in [6.45, 7) is 5.26. The zero-order valence-electron chi connectivity index (χ0n) is 11.1. The zero-order chi connectivity index (χ0) is 11.4. The van der Waals surface area contributed by atoms with Gasteiger partial charge >= 0.3 is 0 Å². The highest BCUT2D eigenvalue weighted by Crippen LogP contribution is 2.38. The lowest BCUT2D eigenvalue weighted by Crippen LogP contribution is -2.25. The molecule has 0 N–H and O–H groups in total. The Morgan fingerprint density at radius 1 is 1.12 bits per heavy atom. The van der Waals surface area contributed by atoms with E-state index in [-0.39, 0.29) is 0 Å². The Kier molecular flexibility index (Phi) is 4.75. The van der Waals surface area contributed by atoms with Gasteiger partial charge in [0.05, 0.1) is 0 Å². The predicted molar refractivity (Wildman–Crippen MR) is 71.0 cm³/mol. The lowest BCUT2D eigenvalue weighted by molar-refractivity contribution is 0.186. The van der Waals surface area contributed by atoms with Crippen LogP contribution in [-0.2, 0) is 4.65 Å². The van der Waals surface area contributed by atoms with Crippen molar-refractivity contribution in [1.29, 1.82) is 0 Å². The standard InChI is InChI=1S/C14H27BO/c1-12(2)6-5-11-15-13-7-3-9-14(16-15)10-4-8-13/h12-14H,3-11H2,1-2H3. The highest BCUT2D eigenvalue weighted by Gasteiger charge is 2.34. The second kappa shape index (κ2) is 6.09. The minimum absolute atomic E-state index is 0.605. The molecule has 0 atom stereocenters. The molecule has 2 fully saturated rings. The van der Waals surface area contributed by atoms with Gasteiger partial charge < -0.3 is 4.65 Å². The van der Waals surface area contributed by atoms with Gasteiger partial charge in [0.25, 0.3) is 6.92 Å². The smallest absolute Gasteiger partial charge is 0.296 e. The van der Waals surface area contributed by atoms with Gasteiger partial charge in [0, 0.05) is 6.10 Å². The SMILES string of the molecule is CC(C)CCCB1OC2CCCC1CCC2. The summed E-state index contributed by atoms with van der Waals surface area (Å²) in [6.07, 6.45) is 13.0. The van der Waals surface area contributed by atoms with E-state index < -0.39 is 0 Å². The Hall–Kier alpha value is 0.0249. The van der Waals surface area contributed by atoms with Crippen molar-refractivity contribution in [2.75, 3.05) is 0 Å². The van der Waals surface area contributed by atoms with Gasteiger partial charge in [-0.15, -0.1) is 0 Å². The summed E-state index contributed by atoms with van der Waals surface area (Å²) in [5.74, 6) is 1.74. The van der Waals surface area contributed by atoms with E-state index in [4.69, 9.17) is 4.65 Å². The maximum absolute atomic E-state index is 6.32. The van der Waals surface area contributed by atoms with E-state index in [1.807, 2.05) is 0 Å². The summed E-state index contributed by atoms with van der Waals surface area (Å²) in [5.41, 5.74) is 0. The highest BCUT2D eigenvalue weighted by molar-refractivity contribution is 6.53. The summed E-state index contributed by atoms with van der Waals surface area (Å²) in [5, 5.41) is 0. The van der Waals surface area contributed by atoms with Crippen LogP contribution >= 0.6 is 0 Å². The van der Waals surface area contributed by atoms with E-state index in [9.17, 15) is 0 Å². The van der Waals surface area contributed by atoms with Crippen molar-refractivity contribution >= 4 is 6.92 Å². The lowest BCUT2D eigenvalue weighted by atomic mass is 9.50. The predicted octanol–water partition coefficient (Wildman–Crippen LogP) is 4.54. The Bertz CT molecular complexity index is 195. The minimum Gasteiger partial charge on any atom is -0.433 e. The van der Waals surface area contributed by atoms with Gasteiger partial charge in [-0.1, -0.05) is 52.4 Å². The first-order valence-corrected chi connectivity index (χ1v) is 7.41. The van der Waals surface area contributed by atoms with Crippen molar-refractivity contribution in [2.45, 2.75) is 83.5 Å². The molecule has 2 bridgehead atoms. The van der Waals surface area contributed by atoms with Gasteiger partial charge in [-0.2, -0.15) is 0 Å². The van der Waals surface area contributed by atoms with Crippen molar-refractivity contribution in [3.8, 4) is 0 Å². The average molecular weight is 222 g/mol. The molecule has 0 saturated carbocycles. The molecule has 1 nitrogen and oxygen atoms in total. The third-order valence-electron chi connectivity index (χ3n) is 4.37. The fourth-order valence-electron chi connectivity index (χ4n) is 3.40. The summed E-state index contributed by atoms with van der Waals surface area (Å²) in [7, 11) is 0. The normalized spacial score (nSPS) is 30.6. The van der Waals surface area contributed by atoms with Crippen LogP contribution in [0.3, 0.4) is 0 Å². The first kappa shape index (κ1) is 12.5. The molecule has 2 heterocycles. The number of hydrogen-bond acceptors (Lipinski definition) is 1. The topological polar surface area (TPSA) is 9.23 Å². The van der Waals surface area contributed by atoms with Crippen molar-refractivity contribution in [2.24, 2.45) is 5.92 Å². The molecule has 0 amide bonds. The summed E-state index contributed by atoms with van der Waals surface area (Å²) in [4.78, 5) is 0. The van der Waals surface area contributed by atoms with Crippen LogP contribution < -0.4 is 0 Å². The van der Waals surface area contributed by atoms with E-state index >= 15 is 0 Å². The maximum atomic E-state index is 6.32. The minimum atomic E-state index is 0.605. The van der Waals surface area contributed by atoms with Gasteiger partial charge in [0.15, 0.2) is 0 Å². The monoisotopic (exact) mass is 222 g/mol. The molecular weight excluding hydrogens is 195 g/mol. The van der Waals surface area contributed by atoms with E-state index in [0.717, 1.165) is 11.7 Å². The molecule has 2 aliphatic heterocycles. The number of rotatable bonds is 4. The first-order chi connectivity index (χ1) is 7.75. The van der Waals surface area contributed by atoms with E-state index in [2.05, 4.69) is 13.8 Å². The van der Waals surface area contributed by atoms with Gasteiger partial charge in [-0.25, -0.2) is 0 Å². The first-order valence-electron chi connectivity index (χ1n) is 7.41. The van der Waals surface area contributed by atoms with Crippen molar-refractivity contribution < 1.29 is 4.65 Å². The molecule has 0 aromatic rings. The van der Waals surface area contributed by atoms with Gasteiger partial charge in [0.1, 0.15) is 0 Å². The van der Waals surface area contributed by atoms with Crippen LogP contribution in [0.15, 0.2) is 0 Å². The average Bonchev–Trinajstić information content (AvgIpc) is 2.48. The third-order valence-corrected chi connectivity index (χ3v) is 4.37.